The Kier molecular flexibility index (Phi) is 4.52. The minimum absolute atomic E-state index is 0.000186. The van der Waals surface area contributed by atoms with Crippen molar-refractivity contribution < 1.29 is 9.53 Å². The maximum Gasteiger partial charge on any atom is 0.192 e. The highest BCUT2D eigenvalue weighted by atomic mass is 35.5. The average molecular weight is 279 g/mol. The molecule has 3 N–H and O–H groups in total. The minimum atomic E-state index is -1.76. The second-order valence-corrected chi connectivity index (χ2v) is 11.1. The molecule has 0 aromatic rings. The number of hydrogen-bond acceptors (Lipinski definition) is 4. The smallest absolute Gasteiger partial charge is 0.192 e. The van der Waals surface area contributed by atoms with E-state index in [1.165, 1.54) is 0 Å². The molecule has 1 rings (SSSR count). The van der Waals surface area contributed by atoms with Gasteiger partial charge in [-0.15, -0.1) is 0 Å². The summed E-state index contributed by atoms with van der Waals surface area (Å²) in [6.45, 7) is 11.5. The third kappa shape index (κ3) is 3.61. The minimum Gasteiger partial charge on any atom is -0.411 e. The third-order valence-corrected chi connectivity index (χ3v) is 8.30. The maximum atomic E-state index is 9.02. The van der Waals surface area contributed by atoms with Crippen LogP contribution in [-0.2, 0) is 4.43 Å². The summed E-state index contributed by atoms with van der Waals surface area (Å²) in [5.41, 5.74) is 0.829. The van der Waals surface area contributed by atoms with Crippen LogP contribution < -0.4 is 10.6 Å². The number of aliphatic hydroxyl groups is 1. The first-order chi connectivity index (χ1) is 7.67. The molecule has 0 aromatic carbocycles. The Bertz CT molecular complexity index is 313. The van der Waals surface area contributed by atoms with Crippen LogP contribution in [0, 0.1) is 0 Å². The van der Waals surface area contributed by atoms with Crippen molar-refractivity contribution in [3.05, 3.63) is 10.9 Å². The summed E-state index contributed by atoms with van der Waals surface area (Å²) in [5.74, 6) is 0. The molecule has 1 aliphatic heterocycles. The summed E-state index contributed by atoms with van der Waals surface area (Å²) in [5, 5.41) is 15.8. The van der Waals surface area contributed by atoms with Crippen LogP contribution in [0.25, 0.3) is 0 Å². The van der Waals surface area contributed by atoms with Crippen LogP contribution in [0.1, 0.15) is 20.8 Å². The van der Waals surface area contributed by atoms with Gasteiger partial charge in [-0.05, 0) is 18.1 Å². The Labute approximate surface area is 110 Å². The maximum absolute atomic E-state index is 9.02. The number of rotatable bonds is 4. The lowest BCUT2D eigenvalue weighted by Gasteiger charge is -2.36. The molecule has 4 nitrogen and oxygen atoms in total. The zero-order chi connectivity index (χ0) is 13.3. The first-order valence-corrected chi connectivity index (χ1v) is 9.12. The monoisotopic (exact) mass is 278 g/mol. The summed E-state index contributed by atoms with van der Waals surface area (Å²) in [4.78, 5) is 0. The number of nitrogens with one attached hydrogen (secondary N) is 2. The molecule has 0 radical (unpaired) electrons. The fraction of sp³-hybridized carbons (Fsp3) is 0.818. The zero-order valence-electron chi connectivity index (χ0n) is 11.2. The van der Waals surface area contributed by atoms with Gasteiger partial charge in [-0.1, -0.05) is 32.4 Å². The molecule has 0 aliphatic carbocycles. The van der Waals surface area contributed by atoms with Gasteiger partial charge in [0.25, 0.3) is 0 Å². The Morgan fingerprint density at radius 1 is 1.35 bits per heavy atom. The molecule has 0 fully saturated rings. The Hall–Kier alpha value is -0.233. The normalized spacial score (nSPS) is 21.5. The fourth-order valence-electron chi connectivity index (χ4n) is 1.22. The van der Waals surface area contributed by atoms with Crippen LogP contribution in [0.3, 0.4) is 0 Å². The summed E-state index contributed by atoms with van der Waals surface area (Å²) in [6.07, 6.45) is -0.194. The summed E-state index contributed by atoms with van der Waals surface area (Å²) in [7, 11) is -1.76. The lowest BCUT2D eigenvalue weighted by molar-refractivity contribution is 0.240. The van der Waals surface area contributed by atoms with E-state index in [0.29, 0.717) is 11.8 Å². The second-order valence-electron chi connectivity index (χ2n) is 5.87. The van der Waals surface area contributed by atoms with Gasteiger partial charge in [0, 0.05) is 0 Å². The largest absolute Gasteiger partial charge is 0.411 e. The van der Waals surface area contributed by atoms with Gasteiger partial charge in [0.1, 0.15) is 11.3 Å². The van der Waals surface area contributed by atoms with Crippen molar-refractivity contribution in [2.75, 3.05) is 13.2 Å². The lowest BCUT2D eigenvalue weighted by atomic mass is 10.2. The van der Waals surface area contributed by atoms with Gasteiger partial charge < -0.3 is 20.2 Å². The van der Waals surface area contributed by atoms with E-state index in [4.69, 9.17) is 21.1 Å². The molecule has 1 heterocycles. The van der Waals surface area contributed by atoms with Gasteiger partial charge in [0.05, 0.1) is 18.9 Å². The predicted octanol–water partition coefficient (Wildman–Crippen LogP) is 1.93. The molecule has 0 spiro atoms. The Morgan fingerprint density at radius 3 is 2.35 bits per heavy atom. The molecule has 100 valence electrons. The van der Waals surface area contributed by atoms with Crippen molar-refractivity contribution in [2.45, 2.75) is 45.1 Å². The van der Waals surface area contributed by atoms with Crippen LogP contribution >= 0.6 is 11.6 Å². The van der Waals surface area contributed by atoms with Gasteiger partial charge in [-0.2, -0.15) is 0 Å². The molecule has 1 aliphatic rings. The third-order valence-electron chi connectivity index (χ3n) is 3.48. The van der Waals surface area contributed by atoms with Crippen LogP contribution in [0.5, 0.6) is 0 Å². The van der Waals surface area contributed by atoms with Crippen LogP contribution in [0.2, 0.25) is 18.1 Å². The van der Waals surface area contributed by atoms with E-state index in [9.17, 15) is 0 Å². The highest BCUT2D eigenvalue weighted by Gasteiger charge is 2.37. The Balaban J connectivity index is 2.55. The molecule has 0 saturated heterocycles. The number of hydrogen-bond donors (Lipinski definition) is 3. The first kappa shape index (κ1) is 14.8. The molecule has 0 amide bonds. The van der Waals surface area contributed by atoms with Gasteiger partial charge >= 0.3 is 0 Å². The quantitative estimate of drug-likeness (QED) is 0.543. The molecule has 17 heavy (non-hydrogen) atoms. The molecule has 6 heteroatoms. The molecule has 0 saturated carbocycles. The van der Waals surface area contributed by atoms with Crippen LogP contribution in [0.4, 0.5) is 0 Å². The topological polar surface area (TPSA) is 53.5 Å². The lowest BCUT2D eigenvalue weighted by Crippen LogP contribution is -2.42. The van der Waals surface area contributed by atoms with Gasteiger partial charge in [-0.3, -0.25) is 0 Å². The van der Waals surface area contributed by atoms with E-state index in [2.05, 4.69) is 44.5 Å². The molecule has 1 unspecified atom stereocenters. The predicted molar refractivity (Wildman–Crippen MR) is 73.2 cm³/mol. The SMILES string of the molecule is CC(C)(C)[Si](C)(C)OCC1=C(Cl)NC(CO)N1. The van der Waals surface area contributed by atoms with Gasteiger partial charge in [0.2, 0.25) is 0 Å². The zero-order valence-corrected chi connectivity index (χ0v) is 13.0. The molecular weight excluding hydrogens is 256 g/mol. The van der Waals surface area contributed by atoms with Crippen molar-refractivity contribution in [1.82, 2.24) is 10.6 Å². The highest BCUT2D eigenvalue weighted by Crippen LogP contribution is 2.36. The van der Waals surface area contributed by atoms with Crippen molar-refractivity contribution in [2.24, 2.45) is 0 Å². The van der Waals surface area contributed by atoms with Crippen molar-refractivity contribution >= 4 is 19.9 Å². The van der Waals surface area contributed by atoms with Crippen LogP contribution in [0.15, 0.2) is 10.9 Å². The molecular formula is C11H23ClN2O2Si. The van der Waals surface area contributed by atoms with Crippen LogP contribution in [-0.4, -0.2) is 32.8 Å². The standard InChI is InChI=1S/C11H23ClN2O2Si/c1-11(2,3)17(4,5)16-7-8-10(12)14-9(6-15)13-8/h9,13-15H,6-7H2,1-5H3. The molecule has 1 atom stereocenters. The second kappa shape index (κ2) is 5.18. The van der Waals surface area contributed by atoms with E-state index >= 15 is 0 Å². The first-order valence-electron chi connectivity index (χ1n) is 5.84. The van der Waals surface area contributed by atoms with E-state index in [0.717, 1.165) is 5.70 Å². The number of halogens is 1. The highest BCUT2D eigenvalue weighted by molar-refractivity contribution is 6.74. The summed E-state index contributed by atoms with van der Waals surface area (Å²) < 4.78 is 6.05. The van der Waals surface area contributed by atoms with Gasteiger partial charge in [-0.25, -0.2) is 0 Å². The van der Waals surface area contributed by atoms with E-state index in [-0.39, 0.29) is 17.8 Å². The average Bonchev–Trinajstić information content (AvgIpc) is 2.55. The van der Waals surface area contributed by atoms with Crippen molar-refractivity contribution in [3.8, 4) is 0 Å². The molecule has 0 bridgehead atoms. The summed E-state index contributed by atoms with van der Waals surface area (Å²) in [6, 6.07) is 0. The van der Waals surface area contributed by atoms with Gasteiger partial charge in [0.15, 0.2) is 8.32 Å². The van der Waals surface area contributed by atoms with E-state index in [1.807, 2.05) is 0 Å². The van der Waals surface area contributed by atoms with E-state index in [1.54, 1.807) is 0 Å². The fourth-order valence-corrected chi connectivity index (χ4v) is 2.39. The van der Waals surface area contributed by atoms with Crippen molar-refractivity contribution in [3.63, 3.8) is 0 Å². The molecule has 0 aromatic heterocycles. The van der Waals surface area contributed by atoms with E-state index < -0.39 is 8.32 Å². The Morgan fingerprint density at radius 2 is 1.94 bits per heavy atom. The van der Waals surface area contributed by atoms with Crippen molar-refractivity contribution in [1.29, 1.82) is 0 Å². The summed E-state index contributed by atoms with van der Waals surface area (Å²) >= 11 is 6.03. The number of aliphatic hydroxyl groups excluding tert-OH is 1.